The van der Waals surface area contributed by atoms with Crippen molar-refractivity contribution in [1.82, 2.24) is 0 Å². The average molecular weight is 311 g/mol. The molecule has 0 amide bonds. The lowest BCUT2D eigenvalue weighted by Gasteiger charge is -2.31. The van der Waals surface area contributed by atoms with Gasteiger partial charge >= 0.3 is 0 Å². The maximum atomic E-state index is 11.7. The van der Waals surface area contributed by atoms with Gasteiger partial charge in [0, 0.05) is 18.2 Å². The Balaban J connectivity index is 2.35. The van der Waals surface area contributed by atoms with E-state index in [9.17, 15) is 8.42 Å². The van der Waals surface area contributed by atoms with Crippen LogP contribution in [0.1, 0.15) is 45.7 Å². The molecule has 0 aromatic heterocycles. The molecule has 1 aromatic rings. The van der Waals surface area contributed by atoms with E-state index in [-0.39, 0.29) is 23.2 Å². The van der Waals surface area contributed by atoms with Crippen LogP contribution >= 0.6 is 0 Å². The predicted octanol–water partition coefficient (Wildman–Crippen LogP) is 2.68. The minimum atomic E-state index is -3.22. The summed E-state index contributed by atoms with van der Waals surface area (Å²) in [6.45, 7) is 8.22. The molecule has 5 heteroatoms. The molecule has 2 unspecified atom stereocenters. The quantitative estimate of drug-likeness (QED) is 0.932. The number of nitrogens with two attached hydrogens (primary N) is 1. The number of hydrogen-bond donors (Lipinski definition) is 1. The van der Waals surface area contributed by atoms with Crippen LogP contribution in [0.4, 0.5) is 0 Å². The van der Waals surface area contributed by atoms with Crippen molar-refractivity contribution in [3.05, 3.63) is 29.8 Å². The Morgan fingerprint density at radius 1 is 1.29 bits per heavy atom. The molecule has 21 heavy (non-hydrogen) atoms. The molecule has 2 N–H and O–H groups in total. The molecule has 1 aromatic carbocycles. The van der Waals surface area contributed by atoms with Crippen molar-refractivity contribution in [2.45, 2.75) is 56.3 Å². The van der Waals surface area contributed by atoms with E-state index in [2.05, 4.69) is 13.8 Å². The zero-order valence-corrected chi connectivity index (χ0v) is 14.2. The van der Waals surface area contributed by atoms with Crippen LogP contribution in [0.5, 0.6) is 0 Å². The van der Waals surface area contributed by atoms with Crippen molar-refractivity contribution < 1.29 is 13.2 Å². The van der Waals surface area contributed by atoms with Crippen LogP contribution < -0.4 is 5.73 Å². The number of benzene rings is 1. The first-order chi connectivity index (χ1) is 9.42. The highest BCUT2D eigenvalue weighted by Gasteiger charge is 2.48. The Hall–Kier alpha value is -0.910. The Kier molecular flexibility index (Phi) is 3.98. The lowest BCUT2D eigenvalue weighted by Crippen LogP contribution is -2.35. The second kappa shape index (κ2) is 5.07. The van der Waals surface area contributed by atoms with Gasteiger partial charge in [-0.15, -0.1) is 0 Å². The molecule has 1 heterocycles. The molecule has 118 valence electrons. The molecule has 1 saturated heterocycles. The van der Waals surface area contributed by atoms with Crippen LogP contribution in [0.15, 0.2) is 29.2 Å². The fourth-order valence-electron chi connectivity index (χ4n) is 3.35. The highest BCUT2D eigenvalue weighted by atomic mass is 32.2. The Morgan fingerprint density at radius 2 is 1.90 bits per heavy atom. The largest absolute Gasteiger partial charge is 0.369 e. The molecular formula is C16H25NO3S. The molecule has 0 spiro atoms. The van der Waals surface area contributed by atoms with Crippen molar-refractivity contribution in [2.75, 3.05) is 6.26 Å². The van der Waals surface area contributed by atoms with E-state index in [1.54, 1.807) is 18.2 Å². The zero-order chi connectivity index (χ0) is 16.1. The van der Waals surface area contributed by atoms with Crippen molar-refractivity contribution in [2.24, 2.45) is 11.7 Å². The van der Waals surface area contributed by atoms with E-state index in [0.29, 0.717) is 4.90 Å². The maximum absolute atomic E-state index is 11.7. The van der Waals surface area contributed by atoms with Crippen molar-refractivity contribution in [1.29, 1.82) is 0 Å². The molecule has 0 radical (unpaired) electrons. The van der Waals surface area contributed by atoms with Gasteiger partial charge in [-0.05, 0) is 51.8 Å². The molecule has 4 nitrogen and oxygen atoms in total. The number of ether oxygens (including phenoxy) is 1. The molecular weight excluding hydrogens is 286 g/mol. The summed E-state index contributed by atoms with van der Waals surface area (Å²) < 4.78 is 29.5. The summed E-state index contributed by atoms with van der Waals surface area (Å²) in [5, 5.41) is 0. The van der Waals surface area contributed by atoms with E-state index in [4.69, 9.17) is 10.5 Å². The van der Waals surface area contributed by atoms with Crippen molar-refractivity contribution in [3.63, 3.8) is 0 Å². The summed E-state index contributed by atoms with van der Waals surface area (Å²) in [6.07, 6.45) is 2.06. The summed E-state index contributed by atoms with van der Waals surface area (Å²) in [5.74, 6) is 0.141. The van der Waals surface area contributed by atoms with Gasteiger partial charge in [0.1, 0.15) is 0 Å². The van der Waals surface area contributed by atoms with Gasteiger partial charge in [-0.2, -0.15) is 0 Å². The first-order valence-electron chi connectivity index (χ1n) is 7.18. The smallest absolute Gasteiger partial charge is 0.175 e. The number of rotatable bonds is 3. The summed E-state index contributed by atoms with van der Waals surface area (Å²) in [7, 11) is -3.22. The Morgan fingerprint density at radius 3 is 2.38 bits per heavy atom. The third kappa shape index (κ3) is 3.47. The highest BCUT2D eigenvalue weighted by molar-refractivity contribution is 7.90. The standard InChI is InChI=1S/C16H25NO3S/c1-15(2)10-13(16(3,4)20-15)14(17)11-7-6-8-12(9-11)21(5,18)19/h6-9,13-14H,10,17H2,1-5H3. The van der Waals surface area contributed by atoms with Gasteiger partial charge < -0.3 is 10.5 Å². The average Bonchev–Trinajstić information content (AvgIpc) is 2.55. The first-order valence-corrected chi connectivity index (χ1v) is 9.07. The summed E-state index contributed by atoms with van der Waals surface area (Å²) in [5.41, 5.74) is 6.74. The molecule has 0 aliphatic carbocycles. The molecule has 2 rings (SSSR count). The number of sulfone groups is 1. The van der Waals surface area contributed by atoms with E-state index in [0.717, 1.165) is 12.0 Å². The van der Waals surface area contributed by atoms with Crippen LogP contribution in [0.2, 0.25) is 0 Å². The number of hydrogen-bond acceptors (Lipinski definition) is 4. The molecule has 1 aliphatic heterocycles. The third-order valence-electron chi connectivity index (χ3n) is 4.25. The second-order valence-electron chi connectivity index (χ2n) is 7.15. The minimum Gasteiger partial charge on any atom is -0.369 e. The monoisotopic (exact) mass is 311 g/mol. The molecule has 2 atom stereocenters. The van der Waals surface area contributed by atoms with Crippen LogP contribution in [-0.2, 0) is 14.6 Å². The van der Waals surface area contributed by atoms with Gasteiger partial charge in [-0.3, -0.25) is 0 Å². The Bertz CT molecular complexity index is 635. The molecule has 1 fully saturated rings. The molecule has 1 aliphatic rings. The maximum Gasteiger partial charge on any atom is 0.175 e. The lowest BCUT2D eigenvalue weighted by atomic mass is 9.79. The van der Waals surface area contributed by atoms with E-state index in [1.807, 2.05) is 19.9 Å². The van der Waals surface area contributed by atoms with Crippen molar-refractivity contribution >= 4 is 9.84 Å². The van der Waals surface area contributed by atoms with Gasteiger partial charge in [0.15, 0.2) is 9.84 Å². The predicted molar refractivity (Wildman–Crippen MR) is 83.8 cm³/mol. The SMILES string of the molecule is CC1(C)CC(C(N)c2cccc(S(C)(=O)=O)c2)C(C)(C)O1. The van der Waals surface area contributed by atoms with Crippen LogP contribution in [-0.4, -0.2) is 25.9 Å². The minimum absolute atomic E-state index is 0.141. The van der Waals surface area contributed by atoms with Crippen molar-refractivity contribution in [3.8, 4) is 0 Å². The molecule has 0 saturated carbocycles. The zero-order valence-electron chi connectivity index (χ0n) is 13.4. The van der Waals surface area contributed by atoms with Crippen LogP contribution in [0.3, 0.4) is 0 Å². The van der Waals surface area contributed by atoms with Gasteiger partial charge in [0.2, 0.25) is 0 Å². The Labute approximate surface area is 127 Å². The summed E-state index contributed by atoms with van der Waals surface area (Å²) in [6, 6.07) is 6.68. The summed E-state index contributed by atoms with van der Waals surface area (Å²) in [4.78, 5) is 0.312. The first kappa shape index (κ1) is 16.5. The third-order valence-corrected chi connectivity index (χ3v) is 5.36. The van der Waals surface area contributed by atoms with E-state index >= 15 is 0 Å². The van der Waals surface area contributed by atoms with E-state index in [1.165, 1.54) is 6.26 Å². The van der Waals surface area contributed by atoms with Gasteiger partial charge in [0.05, 0.1) is 16.1 Å². The van der Waals surface area contributed by atoms with Gasteiger partial charge in [-0.1, -0.05) is 12.1 Å². The lowest BCUT2D eigenvalue weighted by molar-refractivity contribution is -0.0767. The highest BCUT2D eigenvalue weighted by Crippen LogP contribution is 2.46. The van der Waals surface area contributed by atoms with Gasteiger partial charge in [-0.25, -0.2) is 8.42 Å². The van der Waals surface area contributed by atoms with Crippen LogP contribution in [0, 0.1) is 5.92 Å². The van der Waals surface area contributed by atoms with Crippen LogP contribution in [0.25, 0.3) is 0 Å². The fourth-order valence-corrected chi connectivity index (χ4v) is 4.02. The summed E-state index contributed by atoms with van der Waals surface area (Å²) >= 11 is 0. The normalized spacial score (nSPS) is 25.7. The van der Waals surface area contributed by atoms with E-state index < -0.39 is 9.84 Å². The second-order valence-corrected chi connectivity index (χ2v) is 9.16. The molecule has 0 bridgehead atoms. The van der Waals surface area contributed by atoms with Gasteiger partial charge in [0.25, 0.3) is 0 Å². The topological polar surface area (TPSA) is 69.4 Å². The fraction of sp³-hybridized carbons (Fsp3) is 0.625.